The van der Waals surface area contributed by atoms with Gasteiger partial charge in [0.1, 0.15) is 5.82 Å². The van der Waals surface area contributed by atoms with Crippen molar-refractivity contribution in [2.45, 2.75) is 46.5 Å². The van der Waals surface area contributed by atoms with Crippen molar-refractivity contribution in [2.75, 3.05) is 0 Å². The summed E-state index contributed by atoms with van der Waals surface area (Å²) in [5.41, 5.74) is 3.04. The Morgan fingerprint density at radius 2 is 1.78 bits per heavy atom. The summed E-state index contributed by atoms with van der Waals surface area (Å²) in [6.07, 6.45) is 2.05. The van der Waals surface area contributed by atoms with Crippen LogP contribution in [0.1, 0.15) is 52.0 Å². The Hall–Kier alpha value is -1.51. The van der Waals surface area contributed by atoms with E-state index >= 15 is 0 Å². The van der Waals surface area contributed by atoms with E-state index in [1.807, 2.05) is 13.8 Å². The largest absolute Gasteiger partial charge is 0.207 e. The van der Waals surface area contributed by atoms with Crippen molar-refractivity contribution >= 4 is 11.4 Å². The second-order valence-corrected chi connectivity index (χ2v) is 4.60. The van der Waals surface area contributed by atoms with Gasteiger partial charge < -0.3 is 0 Å². The molecule has 0 aliphatic rings. The van der Waals surface area contributed by atoms with Gasteiger partial charge in [0.15, 0.2) is 0 Å². The molecule has 0 saturated carbocycles. The van der Waals surface area contributed by atoms with Crippen molar-refractivity contribution in [2.24, 2.45) is 10.2 Å². The Morgan fingerprint density at radius 1 is 1.17 bits per heavy atom. The number of nitrogens with zero attached hydrogens (tertiary/aromatic N) is 2. The minimum atomic E-state index is -0.211. The minimum absolute atomic E-state index is 0.156. The van der Waals surface area contributed by atoms with E-state index in [1.165, 1.54) is 12.1 Å². The van der Waals surface area contributed by atoms with Crippen LogP contribution >= 0.6 is 0 Å². The normalized spacial score (nSPS) is 14.7. The number of benzene rings is 1. The first-order valence-electron chi connectivity index (χ1n) is 6.37. The zero-order chi connectivity index (χ0) is 13.5. The summed E-state index contributed by atoms with van der Waals surface area (Å²) in [4.78, 5) is 0. The van der Waals surface area contributed by atoms with Gasteiger partial charge in [0, 0.05) is 17.3 Å². The molecule has 1 aromatic carbocycles. The van der Waals surface area contributed by atoms with Crippen LogP contribution in [0.2, 0.25) is 0 Å². The first-order valence-corrected chi connectivity index (χ1v) is 6.37. The molecule has 0 amide bonds. The Morgan fingerprint density at radius 3 is 2.33 bits per heavy atom. The molecule has 2 nitrogen and oxygen atoms in total. The second-order valence-electron chi connectivity index (χ2n) is 4.60. The topological polar surface area (TPSA) is 24.7 Å². The van der Waals surface area contributed by atoms with Crippen LogP contribution in [0.5, 0.6) is 0 Å². The minimum Gasteiger partial charge on any atom is -0.207 e. The standard InChI is InChI=1S/C15H21FN2/c1-5-6-11(2)17-18-13(4)12(3)14-7-9-15(16)10-8-14/h7-10,12H,5-6H2,1-4H3/b17-11+,18-13+. The van der Waals surface area contributed by atoms with Gasteiger partial charge in [0.05, 0.1) is 0 Å². The summed E-state index contributed by atoms with van der Waals surface area (Å²) in [7, 11) is 0. The summed E-state index contributed by atoms with van der Waals surface area (Å²) in [5.74, 6) is -0.0545. The molecule has 0 fully saturated rings. The highest BCUT2D eigenvalue weighted by Gasteiger charge is 2.08. The molecule has 3 heteroatoms. The number of halogens is 1. The first kappa shape index (κ1) is 14.6. The van der Waals surface area contributed by atoms with Gasteiger partial charge in [-0.2, -0.15) is 10.2 Å². The highest BCUT2D eigenvalue weighted by atomic mass is 19.1. The van der Waals surface area contributed by atoms with Crippen LogP contribution in [0.4, 0.5) is 4.39 Å². The number of rotatable bonds is 5. The molecule has 98 valence electrons. The molecule has 0 aromatic heterocycles. The third-order valence-corrected chi connectivity index (χ3v) is 2.99. The van der Waals surface area contributed by atoms with Crippen molar-refractivity contribution in [1.29, 1.82) is 0 Å². The molecule has 1 aromatic rings. The fourth-order valence-corrected chi connectivity index (χ4v) is 1.66. The smallest absolute Gasteiger partial charge is 0.123 e. The molecule has 0 aliphatic carbocycles. The van der Waals surface area contributed by atoms with Gasteiger partial charge in [0.2, 0.25) is 0 Å². The maximum atomic E-state index is 12.8. The van der Waals surface area contributed by atoms with Gasteiger partial charge in [-0.25, -0.2) is 4.39 Å². The van der Waals surface area contributed by atoms with Crippen molar-refractivity contribution in [3.63, 3.8) is 0 Å². The zero-order valence-electron chi connectivity index (χ0n) is 11.6. The quantitative estimate of drug-likeness (QED) is 0.539. The molecule has 0 bridgehead atoms. The van der Waals surface area contributed by atoms with Crippen LogP contribution < -0.4 is 0 Å². The first-order chi connectivity index (χ1) is 8.54. The Bertz CT molecular complexity index is 432. The van der Waals surface area contributed by atoms with Crippen LogP contribution in [0, 0.1) is 5.82 Å². The van der Waals surface area contributed by atoms with E-state index in [9.17, 15) is 4.39 Å². The van der Waals surface area contributed by atoms with Gasteiger partial charge in [-0.05, 0) is 38.0 Å². The lowest BCUT2D eigenvalue weighted by molar-refractivity contribution is 0.627. The fraction of sp³-hybridized carbons (Fsp3) is 0.467. The maximum absolute atomic E-state index is 12.8. The predicted molar refractivity (Wildman–Crippen MR) is 75.9 cm³/mol. The van der Waals surface area contributed by atoms with Crippen LogP contribution in [-0.4, -0.2) is 11.4 Å². The van der Waals surface area contributed by atoms with E-state index in [0.29, 0.717) is 0 Å². The Kier molecular flexibility index (Phi) is 5.69. The van der Waals surface area contributed by atoms with Crippen LogP contribution in [0.25, 0.3) is 0 Å². The van der Waals surface area contributed by atoms with Crippen molar-refractivity contribution in [3.05, 3.63) is 35.6 Å². The average molecular weight is 248 g/mol. The molecule has 0 saturated heterocycles. The van der Waals surface area contributed by atoms with E-state index in [2.05, 4.69) is 24.1 Å². The molecule has 1 rings (SSSR count). The fourth-order valence-electron chi connectivity index (χ4n) is 1.66. The molecular formula is C15H21FN2. The second kappa shape index (κ2) is 7.04. The lowest BCUT2D eigenvalue weighted by atomic mass is 9.97. The van der Waals surface area contributed by atoms with Gasteiger partial charge >= 0.3 is 0 Å². The molecule has 18 heavy (non-hydrogen) atoms. The summed E-state index contributed by atoms with van der Waals surface area (Å²) < 4.78 is 12.8. The van der Waals surface area contributed by atoms with E-state index in [0.717, 1.165) is 29.8 Å². The SMILES string of the molecule is CCC/C(C)=N/N=C(\C)C(C)c1ccc(F)cc1. The van der Waals surface area contributed by atoms with Gasteiger partial charge in [-0.15, -0.1) is 0 Å². The predicted octanol–water partition coefficient (Wildman–Crippen LogP) is 4.57. The lowest BCUT2D eigenvalue weighted by Gasteiger charge is -2.10. The highest BCUT2D eigenvalue weighted by Crippen LogP contribution is 2.17. The van der Waals surface area contributed by atoms with E-state index in [-0.39, 0.29) is 11.7 Å². The van der Waals surface area contributed by atoms with E-state index in [1.54, 1.807) is 12.1 Å². The van der Waals surface area contributed by atoms with Crippen molar-refractivity contribution in [1.82, 2.24) is 0 Å². The van der Waals surface area contributed by atoms with Crippen LogP contribution in [0.3, 0.4) is 0 Å². The molecule has 0 N–H and O–H groups in total. The third kappa shape index (κ3) is 4.40. The summed E-state index contributed by atoms with van der Waals surface area (Å²) >= 11 is 0. The zero-order valence-corrected chi connectivity index (χ0v) is 11.6. The van der Waals surface area contributed by atoms with Gasteiger partial charge in [0.25, 0.3) is 0 Å². The molecule has 0 radical (unpaired) electrons. The molecular weight excluding hydrogens is 227 g/mol. The summed E-state index contributed by atoms with van der Waals surface area (Å²) in [6, 6.07) is 6.54. The molecule has 0 aliphatic heterocycles. The molecule has 0 spiro atoms. The highest BCUT2D eigenvalue weighted by molar-refractivity contribution is 5.89. The maximum Gasteiger partial charge on any atom is 0.123 e. The third-order valence-electron chi connectivity index (χ3n) is 2.99. The molecule has 1 unspecified atom stereocenters. The van der Waals surface area contributed by atoms with Gasteiger partial charge in [-0.1, -0.05) is 32.4 Å². The van der Waals surface area contributed by atoms with E-state index in [4.69, 9.17) is 0 Å². The Labute approximate surface area is 109 Å². The molecule has 1 atom stereocenters. The molecule has 0 heterocycles. The van der Waals surface area contributed by atoms with Crippen LogP contribution in [-0.2, 0) is 0 Å². The lowest BCUT2D eigenvalue weighted by Crippen LogP contribution is -2.05. The van der Waals surface area contributed by atoms with Gasteiger partial charge in [-0.3, -0.25) is 0 Å². The Balaban J connectivity index is 2.77. The van der Waals surface area contributed by atoms with E-state index < -0.39 is 0 Å². The number of hydrogen-bond acceptors (Lipinski definition) is 2. The monoisotopic (exact) mass is 248 g/mol. The average Bonchev–Trinajstić information content (AvgIpc) is 2.36. The summed E-state index contributed by atoms with van der Waals surface area (Å²) in [6.45, 7) is 8.12. The summed E-state index contributed by atoms with van der Waals surface area (Å²) in [5, 5.41) is 8.46. The van der Waals surface area contributed by atoms with Crippen molar-refractivity contribution < 1.29 is 4.39 Å². The van der Waals surface area contributed by atoms with Crippen molar-refractivity contribution in [3.8, 4) is 0 Å². The number of hydrogen-bond donors (Lipinski definition) is 0. The van der Waals surface area contributed by atoms with Crippen LogP contribution in [0.15, 0.2) is 34.5 Å².